The van der Waals surface area contributed by atoms with Gasteiger partial charge in [-0.25, -0.2) is 4.79 Å². The van der Waals surface area contributed by atoms with E-state index in [2.05, 4.69) is 0 Å². The van der Waals surface area contributed by atoms with E-state index in [1.807, 2.05) is 0 Å². The third kappa shape index (κ3) is 4.00. The normalized spacial score (nSPS) is 21.0. The van der Waals surface area contributed by atoms with Crippen LogP contribution in [0.4, 0.5) is 10.5 Å². The third-order valence-corrected chi connectivity index (χ3v) is 3.56. The van der Waals surface area contributed by atoms with Crippen molar-refractivity contribution < 1.29 is 23.9 Å². The fourth-order valence-electron chi connectivity index (χ4n) is 2.48. The van der Waals surface area contributed by atoms with E-state index in [0.717, 1.165) is 0 Å². The van der Waals surface area contributed by atoms with Gasteiger partial charge in [0.25, 0.3) is 5.69 Å². The minimum atomic E-state index is -0.773. The van der Waals surface area contributed by atoms with Gasteiger partial charge in [0.2, 0.25) is 0 Å². The number of nitro benzene ring substituents is 1. The van der Waals surface area contributed by atoms with Crippen LogP contribution in [-0.2, 0) is 4.74 Å². The second-order valence-corrected chi connectivity index (χ2v) is 5.05. The van der Waals surface area contributed by atoms with Gasteiger partial charge in [-0.2, -0.15) is 0 Å². The summed E-state index contributed by atoms with van der Waals surface area (Å²) in [5, 5.41) is 10.8. The average molecular weight is 310 g/mol. The molecule has 0 aliphatic heterocycles. The van der Waals surface area contributed by atoms with Crippen molar-refractivity contribution in [2.75, 3.05) is 7.11 Å². The van der Waals surface area contributed by atoms with Gasteiger partial charge in [-0.1, -0.05) is 0 Å². The molecule has 120 valence electrons. The number of nitrogens with zero attached hydrogens (tertiary/aromatic N) is 1. The molecule has 8 nitrogen and oxygen atoms in total. The molecule has 2 N–H and O–H groups in total. The lowest BCUT2D eigenvalue weighted by Crippen LogP contribution is -2.31. The molecule has 8 heteroatoms. The van der Waals surface area contributed by atoms with Crippen molar-refractivity contribution in [2.24, 2.45) is 5.73 Å². The van der Waals surface area contributed by atoms with Crippen molar-refractivity contribution in [2.45, 2.75) is 37.9 Å². The van der Waals surface area contributed by atoms with Crippen molar-refractivity contribution >= 4 is 11.8 Å². The molecule has 0 spiro atoms. The number of non-ortho nitro benzene ring substituents is 1. The summed E-state index contributed by atoms with van der Waals surface area (Å²) < 4.78 is 15.9. The number of ether oxygens (including phenoxy) is 3. The number of amides is 1. The van der Waals surface area contributed by atoms with Gasteiger partial charge in [0.15, 0.2) is 11.5 Å². The van der Waals surface area contributed by atoms with Crippen molar-refractivity contribution in [1.82, 2.24) is 0 Å². The molecule has 1 fully saturated rings. The van der Waals surface area contributed by atoms with Gasteiger partial charge in [0.05, 0.1) is 24.2 Å². The van der Waals surface area contributed by atoms with Crippen LogP contribution in [-0.4, -0.2) is 30.3 Å². The first-order valence-electron chi connectivity index (χ1n) is 6.94. The number of hydrogen-bond donors (Lipinski definition) is 1. The van der Waals surface area contributed by atoms with Gasteiger partial charge in [-0.15, -0.1) is 0 Å². The Morgan fingerprint density at radius 3 is 2.41 bits per heavy atom. The summed E-state index contributed by atoms with van der Waals surface area (Å²) in [4.78, 5) is 21.1. The van der Waals surface area contributed by atoms with Crippen LogP contribution >= 0.6 is 0 Å². The summed E-state index contributed by atoms with van der Waals surface area (Å²) in [6.45, 7) is 0. The summed E-state index contributed by atoms with van der Waals surface area (Å²) >= 11 is 0. The van der Waals surface area contributed by atoms with Crippen molar-refractivity contribution in [1.29, 1.82) is 0 Å². The van der Waals surface area contributed by atoms with Crippen LogP contribution in [0.15, 0.2) is 18.2 Å². The van der Waals surface area contributed by atoms with Crippen LogP contribution in [0.1, 0.15) is 25.7 Å². The lowest BCUT2D eigenvalue weighted by atomic mass is 9.95. The smallest absolute Gasteiger partial charge is 0.404 e. The van der Waals surface area contributed by atoms with E-state index in [-0.39, 0.29) is 17.9 Å². The highest BCUT2D eigenvalue weighted by Crippen LogP contribution is 2.34. The van der Waals surface area contributed by atoms with E-state index in [9.17, 15) is 14.9 Å². The van der Waals surface area contributed by atoms with E-state index in [1.54, 1.807) is 0 Å². The monoisotopic (exact) mass is 310 g/mol. The Morgan fingerprint density at radius 2 is 1.86 bits per heavy atom. The topological polar surface area (TPSA) is 114 Å². The first-order chi connectivity index (χ1) is 10.5. The molecular weight excluding hydrogens is 292 g/mol. The minimum absolute atomic E-state index is 0.0541. The summed E-state index contributed by atoms with van der Waals surface area (Å²) in [7, 11) is 1.48. The summed E-state index contributed by atoms with van der Waals surface area (Å²) in [6, 6.07) is 4.23. The largest absolute Gasteiger partial charge is 0.493 e. The molecule has 0 bridgehead atoms. The predicted octanol–water partition coefficient (Wildman–Crippen LogP) is 2.39. The number of hydrogen-bond acceptors (Lipinski definition) is 6. The lowest BCUT2D eigenvalue weighted by molar-refractivity contribution is -0.385. The maximum absolute atomic E-state index is 10.8. The highest BCUT2D eigenvalue weighted by molar-refractivity contribution is 5.64. The molecule has 1 aliphatic rings. The van der Waals surface area contributed by atoms with Crippen molar-refractivity contribution in [3.05, 3.63) is 28.3 Å². The van der Waals surface area contributed by atoms with Crippen LogP contribution in [0.5, 0.6) is 11.5 Å². The Labute approximate surface area is 127 Å². The van der Waals surface area contributed by atoms with Gasteiger partial charge >= 0.3 is 6.09 Å². The van der Waals surface area contributed by atoms with E-state index in [0.29, 0.717) is 37.2 Å². The fourth-order valence-corrected chi connectivity index (χ4v) is 2.48. The van der Waals surface area contributed by atoms with Gasteiger partial charge in [-0.3, -0.25) is 10.1 Å². The molecule has 0 unspecified atom stereocenters. The van der Waals surface area contributed by atoms with Crippen LogP contribution in [0.2, 0.25) is 0 Å². The molecule has 0 atom stereocenters. The molecule has 1 aromatic carbocycles. The van der Waals surface area contributed by atoms with E-state index >= 15 is 0 Å². The second-order valence-electron chi connectivity index (χ2n) is 5.05. The van der Waals surface area contributed by atoms with Gasteiger partial charge in [-0.05, 0) is 31.7 Å². The number of primary amides is 1. The molecule has 0 saturated heterocycles. The highest BCUT2D eigenvalue weighted by atomic mass is 16.6. The van der Waals surface area contributed by atoms with E-state index < -0.39 is 11.0 Å². The molecule has 1 amide bonds. The van der Waals surface area contributed by atoms with E-state index in [4.69, 9.17) is 19.9 Å². The molecule has 1 saturated carbocycles. The summed E-state index contributed by atoms with van der Waals surface area (Å²) in [5.74, 6) is 0.789. The zero-order chi connectivity index (χ0) is 16.1. The van der Waals surface area contributed by atoms with Gasteiger partial charge < -0.3 is 19.9 Å². The van der Waals surface area contributed by atoms with E-state index in [1.165, 1.54) is 25.3 Å². The standard InChI is InChI=1S/C14H18N2O6/c1-20-12-7-2-9(16(18)19)8-13(12)21-10-3-5-11(6-4-10)22-14(15)17/h2,7-8,10-11H,3-6H2,1H3,(H2,15,17)/t10-,11-. The molecule has 2 rings (SSSR count). The molecule has 0 heterocycles. The number of methoxy groups -OCH3 is 1. The molecule has 1 aliphatic carbocycles. The Hall–Kier alpha value is -2.51. The van der Waals surface area contributed by atoms with Crippen LogP contribution in [0.25, 0.3) is 0 Å². The number of carbonyl (C=O) groups excluding carboxylic acids is 1. The molecule has 0 aromatic heterocycles. The number of nitrogens with two attached hydrogens (primary N) is 1. The van der Waals surface area contributed by atoms with Crippen LogP contribution < -0.4 is 15.2 Å². The summed E-state index contributed by atoms with van der Waals surface area (Å²) in [6.07, 6.45) is 1.56. The lowest BCUT2D eigenvalue weighted by Gasteiger charge is -2.28. The predicted molar refractivity (Wildman–Crippen MR) is 77.0 cm³/mol. The van der Waals surface area contributed by atoms with Crippen LogP contribution in [0, 0.1) is 10.1 Å². The maximum Gasteiger partial charge on any atom is 0.404 e. The first-order valence-corrected chi connectivity index (χ1v) is 6.94. The Balaban J connectivity index is 2.00. The quantitative estimate of drug-likeness (QED) is 0.659. The molecule has 22 heavy (non-hydrogen) atoms. The zero-order valence-corrected chi connectivity index (χ0v) is 12.2. The molecule has 1 aromatic rings. The first kappa shape index (κ1) is 15.9. The number of rotatable bonds is 5. The van der Waals surface area contributed by atoms with Gasteiger partial charge in [0.1, 0.15) is 6.10 Å². The second kappa shape index (κ2) is 6.97. The Kier molecular flexibility index (Phi) is 5.03. The van der Waals surface area contributed by atoms with Crippen LogP contribution in [0.3, 0.4) is 0 Å². The Morgan fingerprint density at radius 1 is 1.23 bits per heavy atom. The number of benzene rings is 1. The maximum atomic E-state index is 10.8. The molecular formula is C14H18N2O6. The zero-order valence-electron chi connectivity index (χ0n) is 12.2. The fraction of sp³-hybridized carbons (Fsp3) is 0.500. The average Bonchev–Trinajstić information content (AvgIpc) is 2.48. The van der Waals surface area contributed by atoms with Crippen molar-refractivity contribution in [3.8, 4) is 11.5 Å². The Bertz CT molecular complexity index is 554. The third-order valence-electron chi connectivity index (χ3n) is 3.56. The molecule has 0 radical (unpaired) electrons. The highest BCUT2D eigenvalue weighted by Gasteiger charge is 2.25. The SMILES string of the molecule is COc1ccc([N+](=O)[O-])cc1O[C@H]1CC[C@H](OC(N)=O)CC1. The van der Waals surface area contributed by atoms with Crippen molar-refractivity contribution in [3.63, 3.8) is 0 Å². The number of carbonyl (C=O) groups is 1. The van der Waals surface area contributed by atoms with Gasteiger partial charge in [0, 0.05) is 6.07 Å². The summed E-state index contributed by atoms with van der Waals surface area (Å²) in [5.41, 5.74) is 4.94. The minimum Gasteiger partial charge on any atom is -0.493 e. The number of nitro groups is 1.